The van der Waals surface area contributed by atoms with Crippen LogP contribution in [0.25, 0.3) is 43.6 Å². The van der Waals surface area contributed by atoms with Crippen LogP contribution in [0.4, 0.5) is 0 Å². The number of hydrogen-bond acceptors (Lipinski definition) is 4. The lowest BCUT2D eigenvalue weighted by Gasteiger charge is -2.22. The molecule has 5 nitrogen and oxygen atoms in total. The average Bonchev–Trinajstić information content (AvgIpc) is 2.84. The molecule has 36 heavy (non-hydrogen) atoms. The summed E-state index contributed by atoms with van der Waals surface area (Å²) in [5.74, 6) is -0.00122. The molecule has 1 aromatic heterocycles. The summed E-state index contributed by atoms with van der Waals surface area (Å²) in [6.07, 6.45) is 2.63. The predicted octanol–water partition coefficient (Wildman–Crippen LogP) is 6.55. The maximum Gasteiger partial charge on any atom is 0.307 e. The zero-order chi connectivity index (χ0) is 25.4. The SMILES string of the molecule is CC(C)(C)O.O=C(O)Cc1c(-c2ccc3c4c(ccnc24)CCO3)c2ccccc2c2ccccc12. The molecule has 0 spiro atoms. The normalized spacial score (nSPS) is 12.8. The number of aliphatic hydroxyl groups is 1. The Morgan fingerprint density at radius 3 is 2.19 bits per heavy atom. The molecular weight excluding hydrogens is 450 g/mol. The number of hydrogen-bond donors (Lipinski definition) is 2. The van der Waals surface area contributed by atoms with Crippen molar-refractivity contribution in [3.63, 3.8) is 0 Å². The molecule has 0 fully saturated rings. The number of nitrogens with zero attached hydrogens (tertiary/aromatic N) is 1. The molecule has 4 aromatic carbocycles. The fourth-order valence-corrected chi connectivity index (χ4v) is 4.96. The highest BCUT2D eigenvalue weighted by atomic mass is 16.5. The Balaban J connectivity index is 0.000000489. The van der Waals surface area contributed by atoms with Crippen LogP contribution >= 0.6 is 0 Å². The standard InChI is InChI=1S/C27H19NO3.C4H10O/c29-24(30)15-22-19-7-2-1-5-17(19)18-6-3-4-8-20(18)26(22)21-9-10-23-25-16(12-14-31-23)11-13-28-27(21)25;1-4(2,3)5/h1-11,13H,12,14-15H2,(H,29,30);5H,1-3H3. The lowest BCUT2D eigenvalue weighted by Crippen LogP contribution is -2.10. The highest BCUT2D eigenvalue weighted by molar-refractivity contribution is 6.18. The van der Waals surface area contributed by atoms with Gasteiger partial charge in [-0.05, 0) is 77.2 Å². The molecule has 6 rings (SSSR count). The maximum atomic E-state index is 11.9. The molecule has 1 aliphatic heterocycles. The number of pyridine rings is 1. The van der Waals surface area contributed by atoms with E-state index in [1.807, 2.05) is 48.7 Å². The summed E-state index contributed by atoms with van der Waals surface area (Å²) in [6.45, 7) is 5.89. The molecule has 182 valence electrons. The monoisotopic (exact) mass is 479 g/mol. The van der Waals surface area contributed by atoms with Gasteiger partial charge in [0.05, 0.1) is 24.1 Å². The van der Waals surface area contributed by atoms with Crippen LogP contribution in [0.15, 0.2) is 72.9 Å². The molecule has 5 heteroatoms. The van der Waals surface area contributed by atoms with Gasteiger partial charge in [-0.3, -0.25) is 9.78 Å². The number of aromatic nitrogens is 1. The maximum absolute atomic E-state index is 11.9. The van der Waals surface area contributed by atoms with E-state index in [2.05, 4.69) is 24.3 Å². The number of benzene rings is 4. The number of fused-ring (bicyclic) bond motifs is 3. The number of rotatable bonds is 3. The Morgan fingerprint density at radius 1 is 0.917 bits per heavy atom. The smallest absolute Gasteiger partial charge is 0.307 e. The molecule has 0 bridgehead atoms. The Bertz CT molecular complexity index is 1600. The zero-order valence-electron chi connectivity index (χ0n) is 20.7. The third-order valence-electron chi connectivity index (χ3n) is 6.21. The number of carboxylic acid groups (broad SMARTS) is 1. The quantitative estimate of drug-likeness (QED) is 0.287. The molecule has 2 N–H and O–H groups in total. The van der Waals surface area contributed by atoms with E-state index in [9.17, 15) is 9.90 Å². The Morgan fingerprint density at radius 2 is 1.53 bits per heavy atom. The van der Waals surface area contributed by atoms with Gasteiger partial charge < -0.3 is 14.9 Å². The first-order valence-electron chi connectivity index (χ1n) is 12.1. The molecule has 2 heterocycles. The van der Waals surface area contributed by atoms with Crippen molar-refractivity contribution in [2.24, 2.45) is 0 Å². The van der Waals surface area contributed by atoms with E-state index in [1.54, 1.807) is 20.8 Å². The summed E-state index contributed by atoms with van der Waals surface area (Å²) in [5, 5.41) is 23.5. The number of carbonyl (C=O) groups is 1. The molecule has 0 atom stereocenters. The number of aliphatic carboxylic acids is 1. The van der Waals surface area contributed by atoms with E-state index < -0.39 is 11.6 Å². The molecule has 0 radical (unpaired) electrons. The highest BCUT2D eigenvalue weighted by Crippen LogP contribution is 2.44. The Kier molecular flexibility index (Phi) is 6.10. The highest BCUT2D eigenvalue weighted by Gasteiger charge is 2.22. The van der Waals surface area contributed by atoms with Crippen molar-refractivity contribution in [3.8, 4) is 16.9 Å². The van der Waals surface area contributed by atoms with Gasteiger partial charge in [-0.1, -0.05) is 48.5 Å². The van der Waals surface area contributed by atoms with Crippen LogP contribution in [0.5, 0.6) is 5.75 Å². The minimum atomic E-state index is -0.847. The van der Waals surface area contributed by atoms with Crippen LogP contribution in [0.3, 0.4) is 0 Å². The second kappa shape index (κ2) is 9.25. The topological polar surface area (TPSA) is 79.7 Å². The minimum Gasteiger partial charge on any atom is -0.493 e. The van der Waals surface area contributed by atoms with Gasteiger partial charge >= 0.3 is 5.97 Å². The Labute approximate surface area is 210 Å². The summed E-state index contributed by atoms with van der Waals surface area (Å²) in [7, 11) is 0. The van der Waals surface area contributed by atoms with Crippen molar-refractivity contribution in [1.29, 1.82) is 0 Å². The first-order valence-corrected chi connectivity index (χ1v) is 12.1. The van der Waals surface area contributed by atoms with Gasteiger partial charge in [0.1, 0.15) is 5.75 Å². The summed E-state index contributed by atoms with van der Waals surface area (Å²) < 4.78 is 5.90. The second-order valence-electron chi connectivity index (χ2n) is 10.1. The van der Waals surface area contributed by atoms with Gasteiger partial charge in [-0.15, -0.1) is 0 Å². The summed E-state index contributed by atoms with van der Waals surface area (Å²) in [6, 6.07) is 22.3. The van der Waals surface area contributed by atoms with Crippen LogP contribution in [0.2, 0.25) is 0 Å². The molecule has 0 amide bonds. The molecule has 0 saturated carbocycles. The van der Waals surface area contributed by atoms with Gasteiger partial charge in [0.15, 0.2) is 0 Å². The van der Waals surface area contributed by atoms with E-state index in [4.69, 9.17) is 14.8 Å². The van der Waals surface area contributed by atoms with Crippen LogP contribution in [-0.2, 0) is 17.6 Å². The van der Waals surface area contributed by atoms with Crippen LogP contribution in [-0.4, -0.2) is 33.4 Å². The van der Waals surface area contributed by atoms with Crippen LogP contribution in [0.1, 0.15) is 31.9 Å². The zero-order valence-corrected chi connectivity index (χ0v) is 20.7. The van der Waals surface area contributed by atoms with E-state index >= 15 is 0 Å². The van der Waals surface area contributed by atoms with E-state index in [1.165, 1.54) is 5.56 Å². The van der Waals surface area contributed by atoms with E-state index in [0.717, 1.165) is 61.3 Å². The lowest BCUT2D eigenvalue weighted by molar-refractivity contribution is -0.136. The predicted molar refractivity (Wildman–Crippen MR) is 145 cm³/mol. The third kappa shape index (κ3) is 4.50. The molecule has 0 aliphatic carbocycles. The number of carboxylic acids is 1. The lowest BCUT2D eigenvalue weighted by atomic mass is 9.85. The van der Waals surface area contributed by atoms with Crippen molar-refractivity contribution in [3.05, 3.63) is 84.1 Å². The molecule has 5 aromatic rings. The molecule has 1 aliphatic rings. The van der Waals surface area contributed by atoms with E-state index in [-0.39, 0.29) is 6.42 Å². The summed E-state index contributed by atoms with van der Waals surface area (Å²) >= 11 is 0. The van der Waals surface area contributed by atoms with Crippen LogP contribution in [0, 0.1) is 0 Å². The van der Waals surface area contributed by atoms with Crippen molar-refractivity contribution < 1.29 is 19.7 Å². The van der Waals surface area contributed by atoms with Gasteiger partial charge in [0.2, 0.25) is 0 Å². The number of ether oxygens (including phenoxy) is 1. The minimum absolute atomic E-state index is 0.0554. The van der Waals surface area contributed by atoms with E-state index in [0.29, 0.717) is 6.61 Å². The van der Waals surface area contributed by atoms with Gasteiger partial charge in [0.25, 0.3) is 0 Å². The average molecular weight is 480 g/mol. The molecule has 0 saturated heterocycles. The van der Waals surface area contributed by atoms with Crippen molar-refractivity contribution in [2.75, 3.05) is 6.61 Å². The first-order chi connectivity index (χ1) is 17.2. The first kappa shape index (κ1) is 23.8. The Hall–Kier alpha value is -3.96. The van der Waals surface area contributed by atoms with Crippen LogP contribution < -0.4 is 4.74 Å². The molecular formula is C31H29NO4. The van der Waals surface area contributed by atoms with Gasteiger partial charge in [-0.2, -0.15) is 0 Å². The van der Waals surface area contributed by atoms with Crippen molar-refractivity contribution in [1.82, 2.24) is 4.98 Å². The van der Waals surface area contributed by atoms with Crippen molar-refractivity contribution >= 4 is 38.4 Å². The van der Waals surface area contributed by atoms with Gasteiger partial charge in [0, 0.05) is 23.6 Å². The fourth-order valence-electron chi connectivity index (χ4n) is 4.96. The second-order valence-corrected chi connectivity index (χ2v) is 10.1. The molecule has 0 unspecified atom stereocenters. The summed E-state index contributed by atoms with van der Waals surface area (Å²) in [5.41, 5.74) is 4.29. The third-order valence-corrected chi connectivity index (χ3v) is 6.21. The fraction of sp³-hybridized carbons (Fsp3) is 0.226. The van der Waals surface area contributed by atoms with Crippen molar-refractivity contribution in [2.45, 2.75) is 39.2 Å². The summed E-state index contributed by atoms with van der Waals surface area (Å²) in [4.78, 5) is 16.7. The largest absolute Gasteiger partial charge is 0.493 e. The van der Waals surface area contributed by atoms with Gasteiger partial charge in [-0.25, -0.2) is 0 Å².